The Hall–Kier alpha value is -2.10. The van der Waals surface area contributed by atoms with Crippen molar-refractivity contribution in [3.05, 3.63) is 53.7 Å². The van der Waals surface area contributed by atoms with E-state index >= 15 is 0 Å². The smallest absolute Gasteiger partial charge is 0.376 e. The summed E-state index contributed by atoms with van der Waals surface area (Å²) >= 11 is 0. The highest BCUT2D eigenvalue weighted by molar-refractivity contribution is 5.87. The number of ether oxygens (including phenoxy) is 1. The zero-order chi connectivity index (χ0) is 12.1. The Balaban J connectivity index is 2.17. The van der Waals surface area contributed by atoms with E-state index in [0.717, 1.165) is 5.56 Å². The molecule has 2 aromatic rings. The molecule has 4 nitrogen and oxygen atoms in total. The van der Waals surface area contributed by atoms with Crippen molar-refractivity contribution in [1.29, 1.82) is 0 Å². The van der Waals surface area contributed by atoms with Crippen molar-refractivity contribution in [2.75, 3.05) is 6.61 Å². The lowest BCUT2D eigenvalue weighted by Crippen LogP contribution is -2.06. The van der Waals surface area contributed by atoms with Gasteiger partial charge >= 0.3 is 5.97 Å². The highest BCUT2D eigenvalue weighted by Gasteiger charge is 2.17. The summed E-state index contributed by atoms with van der Waals surface area (Å²) in [5.74, 6) is -0.272. The number of rotatable bonds is 4. The summed E-state index contributed by atoms with van der Waals surface area (Å²) in [6.07, 6.45) is 1.83. The number of aromatic nitrogens is 1. The van der Waals surface area contributed by atoms with Gasteiger partial charge in [0.2, 0.25) is 5.76 Å². The molecule has 0 fully saturated rings. The van der Waals surface area contributed by atoms with E-state index in [0.29, 0.717) is 18.7 Å². The molecular formula is C13H13NO3. The highest BCUT2D eigenvalue weighted by Crippen LogP contribution is 2.13. The summed E-state index contributed by atoms with van der Waals surface area (Å²) in [4.78, 5) is 15.6. The van der Waals surface area contributed by atoms with Crippen LogP contribution in [0, 0.1) is 0 Å². The molecule has 0 aliphatic heterocycles. The fourth-order valence-electron chi connectivity index (χ4n) is 1.55. The summed E-state index contributed by atoms with van der Waals surface area (Å²) in [5, 5.41) is 0. The lowest BCUT2D eigenvalue weighted by molar-refractivity contribution is 0.0488. The van der Waals surface area contributed by atoms with Gasteiger partial charge in [-0.05, 0) is 12.5 Å². The van der Waals surface area contributed by atoms with E-state index in [9.17, 15) is 4.79 Å². The van der Waals surface area contributed by atoms with Gasteiger partial charge in [0.1, 0.15) is 0 Å². The molecule has 0 N–H and O–H groups in total. The van der Waals surface area contributed by atoms with Crippen molar-refractivity contribution in [2.24, 2.45) is 0 Å². The Labute approximate surface area is 99.2 Å². The van der Waals surface area contributed by atoms with Crippen LogP contribution in [0.5, 0.6) is 0 Å². The van der Waals surface area contributed by atoms with Crippen LogP contribution in [0.25, 0.3) is 0 Å². The van der Waals surface area contributed by atoms with E-state index in [-0.39, 0.29) is 5.76 Å². The molecule has 0 saturated carbocycles. The highest BCUT2D eigenvalue weighted by atomic mass is 16.5. The summed E-state index contributed by atoms with van der Waals surface area (Å²) in [5.41, 5.74) is 1.68. The summed E-state index contributed by atoms with van der Waals surface area (Å²) in [7, 11) is 0. The monoisotopic (exact) mass is 231 g/mol. The third-order valence-corrected chi connectivity index (χ3v) is 2.32. The number of esters is 1. The molecule has 0 spiro atoms. The fraction of sp³-hybridized carbons (Fsp3) is 0.231. The molecule has 0 aliphatic carbocycles. The predicted molar refractivity (Wildman–Crippen MR) is 61.7 cm³/mol. The van der Waals surface area contributed by atoms with Crippen LogP contribution in [0.15, 0.2) is 41.1 Å². The first-order valence-corrected chi connectivity index (χ1v) is 5.44. The van der Waals surface area contributed by atoms with E-state index in [4.69, 9.17) is 9.15 Å². The first-order chi connectivity index (χ1) is 8.31. The topological polar surface area (TPSA) is 52.3 Å². The maximum atomic E-state index is 11.6. The van der Waals surface area contributed by atoms with Crippen LogP contribution in [0.1, 0.15) is 28.7 Å². The largest absolute Gasteiger partial charge is 0.460 e. The molecule has 0 unspecified atom stereocenters. The second-order valence-corrected chi connectivity index (χ2v) is 3.51. The molecule has 4 heteroatoms. The third-order valence-electron chi connectivity index (χ3n) is 2.32. The maximum absolute atomic E-state index is 11.6. The van der Waals surface area contributed by atoms with E-state index in [1.54, 1.807) is 6.92 Å². The number of benzene rings is 1. The summed E-state index contributed by atoms with van der Waals surface area (Å²) in [6.45, 7) is 2.08. The standard InChI is InChI=1S/C13H13NO3/c1-2-16-13(15)12-11(14-9-17-12)8-10-6-4-3-5-7-10/h3-7,9H,2,8H2,1H3. The zero-order valence-corrected chi connectivity index (χ0v) is 9.55. The maximum Gasteiger partial charge on any atom is 0.376 e. The molecule has 0 amide bonds. The number of carbonyl (C=O) groups excluding carboxylic acids is 1. The van der Waals surface area contributed by atoms with Gasteiger partial charge in [-0.15, -0.1) is 0 Å². The van der Waals surface area contributed by atoms with Gasteiger partial charge in [-0.1, -0.05) is 30.3 Å². The van der Waals surface area contributed by atoms with E-state index in [1.165, 1.54) is 6.39 Å². The fourth-order valence-corrected chi connectivity index (χ4v) is 1.55. The van der Waals surface area contributed by atoms with Crippen LogP contribution in [0.2, 0.25) is 0 Å². The van der Waals surface area contributed by atoms with E-state index in [1.807, 2.05) is 30.3 Å². The summed E-state index contributed by atoms with van der Waals surface area (Å²) < 4.78 is 9.96. The van der Waals surface area contributed by atoms with Crippen LogP contribution >= 0.6 is 0 Å². The van der Waals surface area contributed by atoms with Crippen LogP contribution in [-0.4, -0.2) is 17.6 Å². The Morgan fingerprint density at radius 1 is 1.35 bits per heavy atom. The minimum absolute atomic E-state index is 0.190. The minimum atomic E-state index is -0.462. The number of oxazole rings is 1. The van der Waals surface area contributed by atoms with Gasteiger partial charge in [0.05, 0.1) is 12.3 Å². The third kappa shape index (κ3) is 2.72. The van der Waals surface area contributed by atoms with Crippen molar-refractivity contribution >= 4 is 5.97 Å². The molecule has 1 aromatic carbocycles. The molecule has 0 saturated heterocycles. The van der Waals surface area contributed by atoms with Crippen molar-refractivity contribution in [3.8, 4) is 0 Å². The van der Waals surface area contributed by atoms with Crippen molar-refractivity contribution < 1.29 is 13.9 Å². The minimum Gasteiger partial charge on any atom is -0.460 e. The van der Waals surface area contributed by atoms with Gasteiger partial charge < -0.3 is 9.15 Å². The number of hydrogen-bond acceptors (Lipinski definition) is 4. The second-order valence-electron chi connectivity index (χ2n) is 3.51. The molecule has 17 heavy (non-hydrogen) atoms. The van der Waals surface area contributed by atoms with Crippen LogP contribution in [0.4, 0.5) is 0 Å². The Kier molecular flexibility index (Phi) is 3.55. The molecule has 88 valence electrons. The second kappa shape index (κ2) is 5.30. The van der Waals surface area contributed by atoms with Crippen LogP contribution in [0.3, 0.4) is 0 Å². The Morgan fingerprint density at radius 2 is 2.12 bits per heavy atom. The SMILES string of the molecule is CCOC(=O)c1ocnc1Cc1ccccc1. The number of carbonyl (C=O) groups is 1. The van der Waals surface area contributed by atoms with Crippen LogP contribution in [-0.2, 0) is 11.2 Å². The van der Waals surface area contributed by atoms with E-state index in [2.05, 4.69) is 4.98 Å². The van der Waals surface area contributed by atoms with E-state index < -0.39 is 5.97 Å². The first kappa shape index (κ1) is 11.4. The van der Waals surface area contributed by atoms with Gasteiger partial charge in [-0.3, -0.25) is 0 Å². The quantitative estimate of drug-likeness (QED) is 0.758. The Bertz CT molecular complexity index is 490. The van der Waals surface area contributed by atoms with Gasteiger partial charge in [0.25, 0.3) is 0 Å². The van der Waals surface area contributed by atoms with Crippen molar-refractivity contribution in [1.82, 2.24) is 4.98 Å². The molecular weight excluding hydrogens is 218 g/mol. The van der Waals surface area contributed by atoms with Gasteiger partial charge in [0, 0.05) is 6.42 Å². The molecule has 1 aromatic heterocycles. The number of hydrogen-bond donors (Lipinski definition) is 0. The molecule has 0 atom stereocenters. The lowest BCUT2D eigenvalue weighted by Gasteiger charge is -2.01. The van der Waals surface area contributed by atoms with Gasteiger partial charge in [0.15, 0.2) is 6.39 Å². The van der Waals surface area contributed by atoms with Gasteiger partial charge in [-0.25, -0.2) is 9.78 Å². The zero-order valence-electron chi connectivity index (χ0n) is 9.55. The molecule has 1 heterocycles. The lowest BCUT2D eigenvalue weighted by atomic mass is 10.1. The first-order valence-electron chi connectivity index (χ1n) is 5.44. The summed E-state index contributed by atoms with van der Waals surface area (Å²) in [6, 6.07) is 9.78. The average molecular weight is 231 g/mol. The Morgan fingerprint density at radius 3 is 2.82 bits per heavy atom. The molecule has 0 radical (unpaired) electrons. The number of nitrogens with zero attached hydrogens (tertiary/aromatic N) is 1. The molecule has 2 rings (SSSR count). The predicted octanol–water partition coefficient (Wildman–Crippen LogP) is 2.44. The van der Waals surface area contributed by atoms with Crippen molar-refractivity contribution in [2.45, 2.75) is 13.3 Å². The van der Waals surface area contributed by atoms with Gasteiger partial charge in [-0.2, -0.15) is 0 Å². The normalized spacial score (nSPS) is 10.2. The van der Waals surface area contributed by atoms with Crippen molar-refractivity contribution in [3.63, 3.8) is 0 Å². The van der Waals surface area contributed by atoms with Crippen LogP contribution < -0.4 is 0 Å². The molecule has 0 bridgehead atoms. The molecule has 0 aliphatic rings. The average Bonchev–Trinajstić information content (AvgIpc) is 2.79.